The van der Waals surface area contributed by atoms with Crippen molar-refractivity contribution >= 4 is 34.0 Å². The summed E-state index contributed by atoms with van der Waals surface area (Å²) in [6.45, 7) is 1.55. The van der Waals surface area contributed by atoms with E-state index in [0.29, 0.717) is 16.4 Å². The van der Waals surface area contributed by atoms with E-state index < -0.39 is 0 Å². The van der Waals surface area contributed by atoms with E-state index in [4.69, 9.17) is 10.5 Å². The summed E-state index contributed by atoms with van der Waals surface area (Å²) in [5.41, 5.74) is 7.16. The summed E-state index contributed by atoms with van der Waals surface area (Å²) < 4.78 is 6.09. The Morgan fingerprint density at radius 2 is 2.26 bits per heavy atom. The van der Waals surface area contributed by atoms with Gasteiger partial charge in [0, 0.05) is 16.9 Å². The molecule has 5 nitrogen and oxygen atoms in total. The second-order valence-electron chi connectivity index (χ2n) is 3.78. The SMILES string of the molecule is COc1ccc(C(C)=O)cc1CSc1nnc(N)s1. The Balaban J connectivity index is 2.17. The number of ketones is 1. The quantitative estimate of drug-likeness (QED) is 0.675. The molecular weight excluding hydrogens is 282 g/mol. The Labute approximate surface area is 119 Å². The molecule has 1 aromatic heterocycles. The third kappa shape index (κ3) is 3.45. The van der Waals surface area contributed by atoms with Gasteiger partial charge in [-0.1, -0.05) is 23.1 Å². The normalized spacial score (nSPS) is 10.4. The molecule has 2 rings (SSSR count). The van der Waals surface area contributed by atoms with Crippen LogP contribution in [0, 0.1) is 0 Å². The average molecular weight is 295 g/mol. The Kier molecular flexibility index (Phi) is 4.39. The third-order valence-corrected chi connectivity index (χ3v) is 4.39. The zero-order valence-corrected chi connectivity index (χ0v) is 12.2. The summed E-state index contributed by atoms with van der Waals surface area (Å²) in [4.78, 5) is 11.4. The predicted molar refractivity (Wildman–Crippen MR) is 76.9 cm³/mol. The molecule has 2 N–H and O–H groups in total. The van der Waals surface area contributed by atoms with E-state index >= 15 is 0 Å². The van der Waals surface area contributed by atoms with E-state index in [0.717, 1.165) is 15.7 Å². The fourth-order valence-corrected chi connectivity index (χ4v) is 3.14. The van der Waals surface area contributed by atoms with Crippen LogP contribution in [-0.4, -0.2) is 23.1 Å². The number of anilines is 1. The maximum atomic E-state index is 11.4. The van der Waals surface area contributed by atoms with Crippen LogP contribution in [0.1, 0.15) is 22.8 Å². The monoisotopic (exact) mass is 295 g/mol. The molecule has 0 bridgehead atoms. The molecule has 7 heteroatoms. The number of ether oxygens (including phenoxy) is 1. The summed E-state index contributed by atoms with van der Waals surface area (Å²) in [6, 6.07) is 5.41. The summed E-state index contributed by atoms with van der Waals surface area (Å²) in [5.74, 6) is 1.45. The molecule has 0 unspecified atom stereocenters. The number of hydrogen-bond donors (Lipinski definition) is 1. The molecule has 1 aromatic carbocycles. The number of carbonyl (C=O) groups is 1. The van der Waals surface area contributed by atoms with Crippen molar-refractivity contribution in [1.82, 2.24) is 10.2 Å². The first kappa shape index (κ1) is 13.8. The molecule has 0 aliphatic carbocycles. The lowest BCUT2D eigenvalue weighted by Crippen LogP contribution is -1.96. The van der Waals surface area contributed by atoms with Gasteiger partial charge in [-0.05, 0) is 25.1 Å². The van der Waals surface area contributed by atoms with Gasteiger partial charge in [-0.15, -0.1) is 10.2 Å². The number of rotatable bonds is 5. The molecule has 0 saturated heterocycles. The lowest BCUT2D eigenvalue weighted by atomic mass is 10.1. The summed E-state index contributed by atoms with van der Waals surface area (Å²) >= 11 is 2.86. The predicted octanol–water partition coefficient (Wildman–Crippen LogP) is 2.62. The Morgan fingerprint density at radius 1 is 1.47 bits per heavy atom. The topological polar surface area (TPSA) is 78.1 Å². The summed E-state index contributed by atoms with van der Waals surface area (Å²) in [6.07, 6.45) is 0. The van der Waals surface area contributed by atoms with Gasteiger partial charge in [-0.3, -0.25) is 4.79 Å². The molecule has 19 heavy (non-hydrogen) atoms. The van der Waals surface area contributed by atoms with Crippen LogP contribution < -0.4 is 10.5 Å². The van der Waals surface area contributed by atoms with Gasteiger partial charge in [0.1, 0.15) is 5.75 Å². The highest BCUT2D eigenvalue weighted by Crippen LogP contribution is 2.31. The zero-order valence-electron chi connectivity index (χ0n) is 10.5. The molecule has 0 spiro atoms. The van der Waals surface area contributed by atoms with E-state index in [1.54, 1.807) is 26.2 Å². The molecule has 0 atom stereocenters. The Hall–Kier alpha value is -1.60. The Bertz CT molecular complexity index is 598. The van der Waals surface area contributed by atoms with Crippen LogP contribution in [0.2, 0.25) is 0 Å². The van der Waals surface area contributed by atoms with E-state index in [1.165, 1.54) is 23.1 Å². The summed E-state index contributed by atoms with van der Waals surface area (Å²) in [5, 5.41) is 8.15. The van der Waals surface area contributed by atoms with Crippen molar-refractivity contribution in [2.75, 3.05) is 12.8 Å². The third-order valence-electron chi connectivity index (χ3n) is 2.46. The largest absolute Gasteiger partial charge is 0.496 e. The number of benzene rings is 1. The number of aromatic nitrogens is 2. The van der Waals surface area contributed by atoms with Gasteiger partial charge < -0.3 is 10.5 Å². The second-order valence-corrected chi connectivity index (χ2v) is 6.01. The number of thioether (sulfide) groups is 1. The standard InChI is InChI=1S/C12H13N3O2S2/c1-7(16)8-3-4-10(17-2)9(5-8)6-18-12-15-14-11(13)19-12/h3-5H,6H2,1-2H3,(H2,13,14). The molecular formula is C12H13N3O2S2. The molecule has 0 amide bonds. The van der Waals surface area contributed by atoms with Crippen LogP contribution >= 0.6 is 23.1 Å². The van der Waals surface area contributed by atoms with E-state index in [-0.39, 0.29) is 5.78 Å². The van der Waals surface area contributed by atoms with Crippen LogP contribution in [0.15, 0.2) is 22.5 Å². The van der Waals surface area contributed by atoms with Gasteiger partial charge in [-0.25, -0.2) is 0 Å². The van der Waals surface area contributed by atoms with Gasteiger partial charge in [0.2, 0.25) is 5.13 Å². The van der Waals surface area contributed by atoms with Crippen molar-refractivity contribution in [3.63, 3.8) is 0 Å². The van der Waals surface area contributed by atoms with Gasteiger partial charge in [0.05, 0.1) is 7.11 Å². The first-order valence-electron chi connectivity index (χ1n) is 5.50. The van der Waals surface area contributed by atoms with Crippen LogP contribution in [-0.2, 0) is 5.75 Å². The number of carbonyl (C=O) groups excluding carboxylic acids is 1. The molecule has 2 aromatic rings. The number of Topliss-reactive ketones (excluding diaryl/α,β-unsaturated/α-hetero) is 1. The smallest absolute Gasteiger partial charge is 0.203 e. The van der Waals surface area contributed by atoms with Crippen LogP contribution in [0.25, 0.3) is 0 Å². The number of nitrogens with two attached hydrogens (primary N) is 1. The van der Waals surface area contributed by atoms with E-state index in [9.17, 15) is 4.79 Å². The fourth-order valence-electron chi connectivity index (χ4n) is 1.53. The average Bonchev–Trinajstić information content (AvgIpc) is 2.81. The number of methoxy groups -OCH3 is 1. The molecule has 1 heterocycles. The minimum Gasteiger partial charge on any atom is -0.496 e. The maximum absolute atomic E-state index is 11.4. The first-order valence-corrected chi connectivity index (χ1v) is 7.30. The van der Waals surface area contributed by atoms with Crippen LogP contribution in [0.4, 0.5) is 5.13 Å². The number of nitrogen functional groups attached to an aromatic ring is 1. The van der Waals surface area contributed by atoms with Gasteiger partial charge in [-0.2, -0.15) is 0 Å². The highest BCUT2D eigenvalue weighted by Gasteiger charge is 2.09. The minimum atomic E-state index is 0.0362. The van der Waals surface area contributed by atoms with Crippen molar-refractivity contribution < 1.29 is 9.53 Å². The molecule has 0 aliphatic rings. The maximum Gasteiger partial charge on any atom is 0.203 e. The van der Waals surface area contributed by atoms with Crippen LogP contribution in [0.3, 0.4) is 0 Å². The molecule has 0 aliphatic heterocycles. The van der Waals surface area contributed by atoms with Gasteiger partial charge in [0.25, 0.3) is 0 Å². The van der Waals surface area contributed by atoms with Crippen LogP contribution in [0.5, 0.6) is 5.75 Å². The van der Waals surface area contributed by atoms with Gasteiger partial charge >= 0.3 is 0 Å². The zero-order chi connectivity index (χ0) is 13.8. The highest BCUT2D eigenvalue weighted by atomic mass is 32.2. The van der Waals surface area contributed by atoms with Crippen molar-refractivity contribution in [1.29, 1.82) is 0 Å². The van der Waals surface area contributed by atoms with Crippen molar-refractivity contribution in [2.24, 2.45) is 0 Å². The minimum absolute atomic E-state index is 0.0362. The lowest BCUT2D eigenvalue weighted by molar-refractivity contribution is 0.101. The molecule has 100 valence electrons. The number of hydrogen-bond acceptors (Lipinski definition) is 7. The number of nitrogens with zero attached hydrogens (tertiary/aromatic N) is 2. The first-order chi connectivity index (χ1) is 9.10. The molecule has 0 radical (unpaired) electrons. The van der Waals surface area contributed by atoms with Crippen molar-refractivity contribution in [3.8, 4) is 5.75 Å². The van der Waals surface area contributed by atoms with Crippen molar-refractivity contribution in [2.45, 2.75) is 17.0 Å². The Morgan fingerprint density at radius 3 is 2.84 bits per heavy atom. The van der Waals surface area contributed by atoms with E-state index in [1.807, 2.05) is 6.07 Å². The molecule has 0 saturated carbocycles. The summed E-state index contributed by atoms with van der Waals surface area (Å²) in [7, 11) is 1.61. The van der Waals surface area contributed by atoms with E-state index in [2.05, 4.69) is 10.2 Å². The van der Waals surface area contributed by atoms with Gasteiger partial charge in [0.15, 0.2) is 10.1 Å². The molecule has 0 fully saturated rings. The lowest BCUT2D eigenvalue weighted by Gasteiger charge is -2.08. The highest BCUT2D eigenvalue weighted by molar-refractivity contribution is 8.00. The fraction of sp³-hybridized carbons (Fsp3) is 0.250. The van der Waals surface area contributed by atoms with Crippen molar-refractivity contribution in [3.05, 3.63) is 29.3 Å². The second kappa shape index (κ2) is 6.03.